The predicted octanol–water partition coefficient (Wildman–Crippen LogP) is 2.48. The Bertz CT molecular complexity index is 594. The van der Waals surface area contributed by atoms with Gasteiger partial charge in [0.15, 0.2) is 0 Å². The van der Waals surface area contributed by atoms with Crippen molar-refractivity contribution in [1.29, 1.82) is 0 Å². The van der Waals surface area contributed by atoms with Gasteiger partial charge in [0.25, 0.3) is 0 Å². The molecule has 0 amide bonds. The van der Waals surface area contributed by atoms with Gasteiger partial charge in [-0.1, -0.05) is 0 Å². The summed E-state index contributed by atoms with van der Waals surface area (Å²) in [7, 11) is 0. The van der Waals surface area contributed by atoms with E-state index in [0.29, 0.717) is 5.56 Å². The molecular formula is C13H12BrN3O. The molecular weight excluding hydrogens is 294 g/mol. The van der Waals surface area contributed by atoms with Crippen LogP contribution in [0.25, 0.3) is 0 Å². The minimum atomic E-state index is 0.684. The molecule has 0 atom stereocenters. The van der Waals surface area contributed by atoms with Crippen LogP contribution in [0.4, 0.5) is 5.69 Å². The summed E-state index contributed by atoms with van der Waals surface area (Å²) >= 11 is 3.53. The molecule has 18 heavy (non-hydrogen) atoms. The van der Waals surface area contributed by atoms with Gasteiger partial charge in [-0.15, -0.1) is 0 Å². The average molecular weight is 306 g/mol. The summed E-state index contributed by atoms with van der Waals surface area (Å²) in [5, 5.41) is 0. The molecule has 0 saturated heterocycles. The number of benzene rings is 1. The number of imidazole rings is 1. The summed E-state index contributed by atoms with van der Waals surface area (Å²) in [4.78, 5) is 17.3. The monoisotopic (exact) mass is 305 g/mol. The quantitative estimate of drug-likeness (QED) is 0.800. The number of anilines is 1. The molecule has 0 fully saturated rings. The van der Waals surface area contributed by atoms with Gasteiger partial charge in [0, 0.05) is 35.5 Å². The molecule has 5 heteroatoms. The summed E-state index contributed by atoms with van der Waals surface area (Å²) in [6.45, 7) is 2.69. The highest BCUT2D eigenvalue weighted by Gasteiger charge is 2.18. The third kappa shape index (κ3) is 1.95. The van der Waals surface area contributed by atoms with Gasteiger partial charge in [-0.05, 0) is 34.1 Å². The summed E-state index contributed by atoms with van der Waals surface area (Å²) < 4.78 is 3.12. The van der Waals surface area contributed by atoms with Crippen molar-refractivity contribution in [1.82, 2.24) is 9.55 Å². The number of fused-ring (bicyclic) bond motifs is 1. The maximum absolute atomic E-state index is 10.7. The summed E-state index contributed by atoms with van der Waals surface area (Å²) in [5.41, 5.74) is 1.79. The molecule has 1 aliphatic heterocycles. The van der Waals surface area contributed by atoms with Crippen LogP contribution in [0.15, 0.2) is 35.1 Å². The van der Waals surface area contributed by atoms with Crippen molar-refractivity contribution in [3.63, 3.8) is 0 Å². The fraction of sp³-hybridized carbons (Fsp3) is 0.231. The first-order valence-electron chi connectivity index (χ1n) is 5.77. The number of aromatic nitrogens is 2. The van der Waals surface area contributed by atoms with E-state index in [9.17, 15) is 4.79 Å². The molecule has 0 saturated carbocycles. The molecule has 0 unspecified atom stereocenters. The van der Waals surface area contributed by atoms with Gasteiger partial charge in [0.1, 0.15) is 12.1 Å². The van der Waals surface area contributed by atoms with Gasteiger partial charge >= 0.3 is 0 Å². The van der Waals surface area contributed by atoms with E-state index in [1.165, 1.54) is 0 Å². The summed E-state index contributed by atoms with van der Waals surface area (Å²) in [5.74, 6) is 1.08. The highest BCUT2D eigenvalue weighted by Crippen LogP contribution is 2.29. The molecule has 0 radical (unpaired) electrons. The Kier molecular flexibility index (Phi) is 2.91. The number of halogens is 1. The Morgan fingerprint density at radius 3 is 3.00 bits per heavy atom. The number of aldehydes is 1. The van der Waals surface area contributed by atoms with Crippen LogP contribution in [-0.4, -0.2) is 22.4 Å². The first-order chi connectivity index (χ1) is 8.78. The van der Waals surface area contributed by atoms with Crippen LogP contribution in [0.3, 0.4) is 0 Å². The van der Waals surface area contributed by atoms with E-state index in [1.807, 2.05) is 30.6 Å². The zero-order valence-electron chi connectivity index (χ0n) is 9.71. The van der Waals surface area contributed by atoms with Crippen molar-refractivity contribution in [3.8, 4) is 0 Å². The van der Waals surface area contributed by atoms with Crippen molar-refractivity contribution < 1.29 is 4.79 Å². The minimum absolute atomic E-state index is 0.684. The predicted molar refractivity (Wildman–Crippen MR) is 72.8 cm³/mol. The van der Waals surface area contributed by atoms with Crippen molar-refractivity contribution in [2.45, 2.75) is 13.1 Å². The maximum atomic E-state index is 10.7. The van der Waals surface area contributed by atoms with Crippen molar-refractivity contribution >= 4 is 27.9 Å². The molecule has 0 N–H and O–H groups in total. The Hall–Kier alpha value is -1.62. The minimum Gasteiger partial charge on any atom is -0.361 e. The molecule has 2 heterocycles. The van der Waals surface area contributed by atoms with Crippen LogP contribution in [0.1, 0.15) is 16.2 Å². The number of carbonyl (C=O) groups excluding carboxylic acids is 1. The van der Waals surface area contributed by atoms with E-state index in [4.69, 9.17) is 0 Å². The highest BCUT2D eigenvalue weighted by molar-refractivity contribution is 9.10. The fourth-order valence-electron chi connectivity index (χ4n) is 2.23. The number of hydrogen-bond donors (Lipinski definition) is 0. The SMILES string of the molecule is O=Cc1ccc(N2CCn3ccnc3C2)c(Br)c1. The third-order valence-corrected chi connectivity index (χ3v) is 3.83. The second-order valence-corrected chi connectivity index (χ2v) is 5.14. The van der Waals surface area contributed by atoms with Gasteiger partial charge in [-0.2, -0.15) is 0 Å². The van der Waals surface area contributed by atoms with Crippen molar-refractivity contribution in [2.24, 2.45) is 0 Å². The van der Waals surface area contributed by atoms with Crippen molar-refractivity contribution in [3.05, 3.63) is 46.5 Å². The van der Waals surface area contributed by atoms with E-state index in [-0.39, 0.29) is 0 Å². The number of rotatable bonds is 2. The fourth-order valence-corrected chi connectivity index (χ4v) is 2.88. The molecule has 0 spiro atoms. The van der Waals surface area contributed by atoms with Crippen LogP contribution >= 0.6 is 15.9 Å². The van der Waals surface area contributed by atoms with Crippen LogP contribution in [0.2, 0.25) is 0 Å². The number of carbonyl (C=O) groups is 1. The van der Waals surface area contributed by atoms with Gasteiger partial charge < -0.3 is 9.47 Å². The lowest BCUT2D eigenvalue weighted by Gasteiger charge is -2.30. The van der Waals surface area contributed by atoms with Gasteiger partial charge in [-0.25, -0.2) is 4.98 Å². The molecule has 0 bridgehead atoms. The van der Waals surface area contributed by atoms with E-state index in [1.54, 1.807) is 0 Å². The van der Waals surface area contributed by atoms with Gasteiger partial charge in [0.2, 0.25) is 0 Å². The second-order valence-electron chi connectivity index (χ2n) is 4.29. The van der Waals surface area contributed by atoms with Crippen LogP contribution in [0, 0.1) is 0 Å². The zero-order valence-corrected chi connectivity index (χ0v) is 11.3. The molecule has 92 valence electrons. The average Bonchev–Trinajstić information content (AvgIpc) is 2.85. The number of nitrogens with zero attached hydrogens (tertiary/aromatic N) is 3. The molecule has 4 nitrogen and oxygen atoms in total. The third-order valence-electron chi connectivity index (χ3n) is 3.19. The Morgan fingerprint density at radius 2 is 2.22 bits per heavy atom. The largest absolute Gasteiger partial charge is 0.361 e. The van der Waals surface area contributed by atoms with E-state index in [0.717, 1.165) is 41.9 Å². The lowest BCUT2D eigenvalue weighted by atomic mass is 10.2. The highest BCUT2D eigenvalue weighted by atomic mass is 79.9. The summed E-state index contributed by atoms with van der Waals surface area (Å²) in [6, 6.07) is 5.67. The Balaban J connectivity index is 1.90. The first-order valence-corrected chi connectivity index (χ1v) is 6.57. The summed E-state index contributed by atoms with van der Waals surface area (Å²) in [6.07, 6.45) is 4.71. The Morgan fingerprint density at radius 1 is 1.33 bits per heavy atom. The van der Waals surface area contributed by atoms with E-state index in [2.05, 4.69) is 30.4 Å². The molecule has 1 aromatic heterocycles. The van der Waals surface area contributed by atoms with Crippen molar-refractivity contribution in [2.75, 3.05) is 11.4 Å². The lowest BCUT2D eigenvalue weighted by molar-refractivity contribution is 0.112. The first kappa shape index (κ1) is 11.5. The maximum Gasteiger partial charge on any atom is 0.150 e. The van der Waals surface area contributed by atoms with Crippen LogP contribution in [-0.2, 0) is 13.1 Å². The molecule has 1 aromatic carbocycles. The standard InChI is InChI=1S/C13H12BrN3O/c14-11-7-10(9-18)1-2-12(11)17-6-5-16-4-3-15-13(16)8-17/h1-4,7,9H,5-6,8H2. The van der Waals surface area contributed by atoms with Gasteiger partial charge in [0.05, 0.1) is 12.2 Å². The zero-order chi connectivity index (χ0) is 12.5. The molecule has 3 rings (SSSR count). The van der Waals surface area contributed by atoms with Crippen LogP contribution in [0.5, 0.6) is 0 Å². The van der Waals surface area contributed by atoms with E-state index < -0.39 is 0 Å². The molecule has 0 aliphatic carbocycles. The normalized spacial score (nSPS) is 14.4. The van der Waals surface area contributed by atoms with Gasteiger partial charge in [-0.3, -0.25) is 4.79 Å². The number of hydrogen-bond acceptors (Lipinski definition) is 3. The topological polar surface area (TPSA) is 38.1 Å². The lowest BCUT2D eigenvalue weighted by Crippen LogP contribution is -2.33. The smallest absolute Gasteiger partial charge is 0.150 e. The van der Waals surface area contributed by atoms with Crippen LogP contribution < -0.4 is 4.90 Å². The van der Waals surface area contributed by atoms with E-state index >= 15 is 0 Å². The molecule has 2 aromatic rings. The second kappa shape index (κ2) is 4.57. The molecule has 1 aliphatic rings. The Labute approximate surface area is 113 Å².